The average molecular weight is 675 g/mol. The highest BCUT2D eigenvalue weighted by Crippen LogP contribution is 2.48. The van der Waals surface area contributed by atoms with Gasteiger partial charge in [0.15, 0.2) is 0 Å². The van der Waals surface area contributed by atoms with E-state index in [9.17, 15) is 18.4 Å². The van der Waals surface area contributed by atoms with E-state index in [-0.39, 0.29) is 22.5 Å². The first-order valence-electron chi connectivity index (χ1n) is 15.9. The Morgan fingerprint density at radius 3 is 2.55 bits per heavy atom. The number of pyridine rings is 1. The Morgan fingerprint density at radius 2 is 1.86 bits per heavy atom. The first-order valence-corrected chi connectivity index (χ1v) is 15.9. The van der Waals surface area contributed by atoms with Gasteiger partial charge in [-0.1, -0.05) is 12.1 Å². The molecule has 2 aliphatic rings. The van der Waals surface area contributed by atoms with Crippen LogP contribution in [0.4, 0.5) is 28.9 Å². The Bertz CT molecular complexity index is 2180. The number of carbonyl (C=O) groups is 2. The van der Waals surface area contributed by atoms with Gasteiger partial charge >= 0.3 is 6.61 Å². The number of rotatable bonds is 9. The molecule has 3 aromatic heterocycles. The number of amides is 1. The Balaban J connectivity index is 1.27. The second-order valence-corrected chi connectivity index (χ2v) is 12.9. The van der Waals surface area contributed by atoms with Crippen LogP contribution in [0.15, 0.2) is 54.7 Å². The highest BCUT2D eigenvalue weighted by atomic mass is 19.3. The number of hydrogen-bond donors (Lipinski definition) is 2. The summed E-state index contributed by atoms with van der Waals surface area (Å²) in [5, 5.41) is 5.50. The van der Waals surface area contributed by atoms with E-state index in [2.05, 4.69) is 17.6 Å². The molecule has 9 nitrogen and oxygen atoms in total. The molecule has 0 atom stereocenters. The first-order chi connectivity index (χ1) is 23.3. The van der Waals surface area contributed by atoms with E-state index in [4.69, 9.17) is 9.72 Å². The molecule has 1 aliphatic carbocycles. The molecule has 2 N–H and O–H groups in total. The van der Waals surface area contributed by atoms with Gasteiger partial charge in [-0.25, -0.2) is 13.8 Å². The molecule has 1 saturated carbocycles. The molecule has 1 amide bonds. The van der Waals surface area contributed by atoms with E-state index >= 15 is 8.78 Å². The van der Waals surface area contributed by atoms with E-state index in [1.54, 1.807) is 52.6 Å². The van der Waals surface area contributed by atoms with Crippen LogP contribution in [-0.4, -0.2) is 57.9 Å². The second-order valence-electron chi connectivity index (χ2n) is 12.9. The number of halogens is 4. The number of anilines is 2. The van der Waals surface area contributed by atoms with Gasteiger partial charge in [-0.2, -0.15) is 8.78 Å². The van der Waals surface area contributed by atoms with Gasteiger partial charge in [0.1, 0.15) is 34.4 Å². The number of imidazole rings is 1. The number of ketones is 1. The van der Waals surface area contributed by atoms with Gasteiger partial charge in [0, 0.05) is 62.2 Å². The van der Waals surface area contributed by atoms with Crippen LogP contribution >= 0.6 is 0 Å². The molecular formula is C36H34F4N6O3. The maximum Gasteiger partial charge on any atom is 0.387 e. The largest absolute Gasteiger partial charge is 0.434 e. The molecule has 13 heteroatoms. The fraction of sp³-hybridized carbons (Fsp3) is 0.306. The van der Waals surface area contributed by atoms with Crippen LogP contribution in [0, 0.1) is 18.6 Å². The van der Waals surface area contributed by atoms with Gasteiger partial charge in [-0.3, -0.25) is 9.59 Å². The highest BCUT2D eigenvalue weighted by molar-refractivity contribution is 6.11. The van der Waals surface area contributed by atoms with E-state index in [1.165, 1.54) is 6.08 Å². The summed E-state index contributed by atoms with van der Waals surface area (Å²) in [6.45, 7) is 1.67. The summed E-state index contributed by atoms with van der Waals surface area (Å²) in [7, 11) is 3.64. The molecule has 0 bridgehead atoms. The Morgan fingerprint density at radius 1 is 1.12 bits per heavy atom. The number of fused-ring (bicyclic) bond motifs is 4. The van der Waals surface area contributed by atoms with E-state index < -0.39 is 35.6 Å². The Kier molecular flexibility index (Phi) is 7.97. The van der Waals surface area contributed by atoms with Crippen LogP contribution in [0.5, 0.6) is 5.75 Å². The summed E-state index contributed by atoms with van der Waals surface area (Å²) in [5.74, 6) is -2.94. The fourth-order valence-electron chi connectivity index (χ4n) is 6.50. The number of likely N-dealkylation sites (N-methyl/N-ethyl adjacent to an activating group) is 1. The van der Waals surface area contributed by atoms with Crippen LogP contribution in [0.25, 0.3) is 27.7 Å². The van der Waals surface area contributed by atoms with Gasteiger partial charge in [-0.05, 0) is 62.9 Å². The minimum atomic E-state index is -3.10. The van der Waals surface area contributed by atoms with Crippen molar-refractivity contribution >= 4 is 39.6 Å². The molecule has 2 aromatic carbocycles. The number of carbonyl (C=O) groups excluding carboxylic acids is 2. The first kappa shape index (κ1) is 32.4. The summed E-state index contributed by atoms with van der Waals surface area (Å²) >= 11 is 0. The summed E-state index contributed by atoms with van der Waals surface area (Å²) in [6.07, 6.45) is 6.98. The van der Waals surface area contributed by atoms with Gasteiger partial charge in [0.05, 0.1) is 28.0 Å². The molecule has 7 rings (SSSR count). The molecule has 1 fully saturated rings. The smallest absolute Gasteiger partial charge is 0.387 e. The summed E-state index contributed by atoms with van der Waals surface area (Å²) in [5.41, 5.74) is 3.35. The summed E-state index contributed by atoms with van der Waals surface area (Å²) < 4.78 is 66.7. The maximum absolute atomic E-state index is 15.2. The highest BCUT2D eigenvalue weighted by Gasteiger charge is 2.36. The summed E-state index contributed by atoms with van der Waals surface area (Å²) in [6, 6.07) is 8.41. The van der Waals surface area contributed by atoms with Crippen molar-refractivity contribution in [2.75, 3.05) is 30.4 Å². The molecule has 0 radical (unpaired) electrons. The fourth-order valence-corrected chi connectivity index (χ4v) is 6.50. The SMILES string of the molecule is Cc1nc2c3c(c(OC(F)F)cc2n1C)-c1cccn2c(C(=O)c4cc(F)c(NC(=O)/C=C/CNC5(C)CC5)c(F)c4)cc(c12)CCN3C. The molecule has 0 spiro atoms. The lowest BCUT2D eigenvalue weighted by Crippen LogP contribution is -2.27. The van der Waals surface area contributed by atoms with E-state index in [1.807, 2.05) is 18.9 Å². The van der Waals surface area contributed by atoms with Crippen LogP contribution in [-0.2, 0) is 18.3 Å². The molecular weight excluding hydrogens is 640 g/mol. The van der Waals surface area contributed by atoms with Crippen molar-refractivity contribution in [1.29, 1.82) is 0 Å². The number of aryl methyl sites for hydroxylation is 2. The summed E-state index contributed by atoms with van der Waals surface area (Å²) in [4.78, 5) is 33.0. The van der Waals surface area contributed by atoms with Crippen molar-refractivity contribution in [3.63, 3.8) is 0 Å². The van der Waals surface area contributed by atoms with Crippen LogP contribution in [0.1, 0.15) is 47.2 Å². The normalized spacial score (nSPS) is 15.2. The molecule has 49 heavy (non-hydrogen) atoms. The molecule has 5 aromatic rings. The number of ether oxygens (including phenoxy) is 1. The maximum atomic E-state index is 15.2. The molecule has 0 saturated heterocycles. The lowest BCUT2D eigenvalue weighted by atomic mass is 9.96. The minimum Gasteiger partial charge on any atom is -0.434 e. The van der Waals surface area contributed by atoms with Crippen LogP contribution < -0.4 is 20.3 Å². The molecule has 4 heterocycles. The van der Waals surface area contributed by atoms with Crippen molar-refractivity contribution < 1.29 is 31.9 Å². The number of benzene rings is 2. The number of alkyl halides is 2. The number of aromatic nitrogens is 3. The zero-order valence-corrected chi connectivity index (χ0v) is 27.3. The molecule has 0 unspecified atom stereocenters. The standard InChI is InChI=1S/C36H34F4N6O3/c1-19-42-31-25(45(19)4)18-27(49-35(39)40)29-22-7-6-13-46-26(17-20(32(22)46)9-14-44(3)33(29)31)34(48)21-15-23(37)30(24(38)16-21)43-28(47)8-5-12-41-36(2)10-11-36/h5-8,13,15-18,35,41H,9-12,14H2,1-4H3,(H,43,47)/b8-5+. The van der Waals surface area contributed by atoms with Gasteiger partial charge in [0.2, 0.25) is 11.7 Å². The second kappa shape index (κ2) is 12.1. The third kappa shape index (κ3) is 5.81. The topological polar surface area (TPSA) is 92.9 Å². The zero-order chi connectivity index (χ0) is 34.8. The minimum absolute atomic E-state index is 0.0487. The van der Waals surface area contributed by atoms with Crippen molar-refractivity contribution in [2.45, 2.75) is 45.3 Å². The lowest BCUT2D eigenvalue weighted by molar-refractivity contribution is -0.112. The third-order valence-electron chi connectivity index (χ3n) is 9.49. The Labute approximate surface area is 279 Å². The zero-order valence-electron chi connectivity index (χ0n) is 27.3. The van der Waals surface area contributed by atoms with Crippen molar-refractivity contribution in [3.05, 3.63) is 89.0 Å². The predicted octanol–water partition coefficient (Wildman–Crippen LogP) is 6.54. The van der Waals surface area contributed by atoms with E-state index in [0.717, 1.165) is 30.5 Å². The molecule has 1 aliphatic heterocycles. The van der Waals surface area contributed by atoms with Crippen LogP contribution in [0.3, 0.4) is 0 Å². The number of nitrogens with one attached hydrogen (secondary N) is 2. The van der Waals surface area contributed by atoms with Crippen molar-refractivity contribution in [1.82, 2.24) is 19.3 Å². The number of hydrogen-bond acceptors (Lipinski definition) is 6. The molecule has 254 valence electrons. The Hall–Kier alpha value is -5.17. The number of nitrogens with zero attached hydrogens (tertiary/aromatic N) is 4. The third-order valence-corrected chi connectivity index (χ3v) is 9.49. The lowest BCUT2D eigenvalue weighted by Gasteiger charge is -2.27. The van der Waals surface area contributed by atoms with Gasteiger partial charge in [-0.15, -0.1) is 0 Å². The monoisotopic (exact) mass is 674 g/mol. The van der Waals surface area contributed by atoms with Gasteiger partial charge < -0.3 is 29.2 Å². The predicted molar refractivity (Wildman–Crippen MR) is 179 cm³/mol. The van der Waals surface area contributed by atoms with Crippen LogP contribution in [0.2, 0.25) is 0 Å². The van der Waals surface area contributed by atoms with Crippen molar-refractivity contribution in [3.8, 4) is 16.9 Å². The van der Waals surface area contributed by atoms with E-state index in [0.29, 0.717) is 58.7 Å². The van der Waals surface area contributed by atoms with Crippen molar-refractivity contribution in [2.24, 2.45) is 7.05 Å². The average Bonchev–Trinajstić information content (AvgIpc) is 3.57. The quantitative estimate of drug-likeness (QED) is 0.105. The van der Waals surface area contributed by atoms with Gasteiger partial charge in [0.25, 0.3) is 0 Å².